The highest BCUT2D eigenvalue weighted by molar-refractivity contribution is 14.0. The van der Waals surface area contributed by atoms with Crippen molar-refractivity contribution >= 4 is 29.9 Å². The minimum absolute atomic E-state index is 0. The normalized spacial score (nSPS) is 11.5. The third kappa shape index (κ3) is 9.46. The van der Waals surface area contributed by atoms with Crippen molar-refractivity contribution in [3.8, 4) is 0 Å². The first kappa shape index (κ1) is 23.2. The van der Waals surface area contributed by atoms with Gasteiger partial charge < -0.3 is 19.9 Å². The SMILES string of the molecule is CCNC(=NCCOCCC(C)C)NCCc1c(C)noc1C.I. The summed E-state index contributed by atoms with van der Waals surface area (Å²) >= 11 is 0. The highest BCUT2D eigenvalue weighted by Gasteiger charge is 2.08. The molecule has 0 bridgehead atoms. The van der Waals surface area contributed by atoms with Crippen molar-refractivity contribution in [2.45, 2.75) is 47.5 Å². The van der Waals surface area contributed by atoms with Crippen LogP contribution in [0.2, 0.25) is 0 Å². The van der Waals surface area contributed by atoms with Gasteiger partial charge in [-0.3, -0.25) is 4.99 Å². The maximum Gasteiger partial charge on any atom is 0.191 e. The Balaban J connectivity index is 0.00000529. The second-order valence-electron chi connectivity index (χ2n) is 6.04. The molecule has 0 aliphatic rings. The van der Waals surface area contributed by atoms with Crippen LogP contribution in [0.3, 0.4) is 0 Å². The van der Waals surface area contributed by atoms with Crippen molar-refractivity contribution in [2.75, 3.05) is 32.8 Å². The summed E-state index contributed by atoms with van der Waals surface area (Å²) in [6.45, 7) is 14.2. The summed E-state index contributed by atoms with van der Waals surface area (Å²) in [6.07, 6.45) is 1.97. The number of halogens is 1. The summed E-state index contributed by atoms with van der Waals surface area (Å²) in [5.74, 6) is 2.40. The standard InChI is InChI=1S/C17H32N4O2.HI/c1-6-18-17(20-10-12-22-11-8-13(2)3)19-9-7-16-14(4)21-23-15(16)5;/h13H,6-12H2,1-5H3,(H2,18,19,20);1H. The molecule has 0 amide bonds. The number of hydrogen-bond donors (Lipinski definition) is 2. The Morgan fingerprint density at radius 3 is 2.58 bits per heavy atom. The van der Waals surface area contributed by atoms with Gasteiger partial charge in [-0.05, 0) is 39.5 Å². The number of rotatable bonds is 10. The molecule has 1 heterocycles. The lowest BCUT2D eigenvalue weighted by molar-refractivity contribution is 0.130. The van der Waals surface area contributed by atoms with Gasteiger partial charge in [0, 0.05) is 25.3 Å². The van der Waals surface area contributed by atoms with Crippen LogP contribution in [0.15, 0.2) is 9.52 Å². The summed E-state index contributed by atoms with van der Waals surface area (Å²) < 4.78 is 10.8. The van der Waals surface area contributed by atoms with Crippen LogP contribution in [0.1, 0.15) is 44.2 Å². The van der Waals surface area contributed by atoms with Crippen LogP contribution >= 0.6 is 24.0 Å². The molecule has 0 atom stereocenters. The van der Waals surface area contributed by atoms with Crippen LogP contribution in [0.5, 0.6) is 0 Å². The van der Waals surface area contributed by atoms with E-state index in [0.717, 1.165) is 50.0 Å². The van der Waals surface area contributed by atoms with E-state index in [1.807, 2.05) is 13.8 Å². The van der Waals surface area contributed by atoms with E-state index in [4.69, 9.17) is 9.26 Å². The van der Waals surface area contributed by atoms with Crippen LogP contribution in [-0.2, 0) is 11.2 Å². The molecule has 0 spiro atoms. The molecule has 2 N–H and O–H groups in total. The third-order valence-electron chi connectivity index (χ3n) is 3.54. The highest BCUT2D eigenvalue weighted by Crippen LogP contribution is 2.11. The molecular weight excluding hydrogens is 419 g/mol. The van der Waals surface area contributed by atoms with E-state index >= 15 is 0 Å². The number of aliphatic imine (C=N–C) groups is 1. The van der Waals surface area contributed by atoms with Crippen molar-refractivity contribution in [3.63, 3.8) is 0 Å². The molecule has 1 aromatic rings. The zero-order valence-electron chi connectivity index (χ0n) is 15.6. The van der Waals surface area contributed by atoms with Gasteiger partial charge in [0.15, 0.2) is 5.96 Å². The van der Waals surface area contributed by atoms with E-state index in [1.165, 1.54) is 5.56 Å². The monoisotopic (exact) mass is 452 g/mol. The Morgan fingerprint density at radius 1 is 1.25 bits per heavy atom. The Labute approximate surface area is 163 Å². The average Bonchev–Trinajstić information content (AvgIpc) is 2.82. The van der Waals surface area contributed by atoms with Crippen LogP contribution in [-0.4, -0.2) is 44.0 Å². The van der Waals surface area contributed by atoms with E-state index in [9.17, 15) is 0 Å². The fraction of sp³-hybridized carbons (Fsp3) is 0.765. The number of nitrogens with zero attached hydrogens (tertiary/aromatic N) is 2. The Bertz CT molecular complexity index is 456. The van der Waals surface area contributed by atoms with Crippen molar-refractivity contribution in [1.82, 2.24) is 15.8 Å². The predicted octanol–water partition coefficient (Wildman–Crippen LogP) is 3.07. The van der Waals surface area contributed by atoms with Gasteiger partial charge in [0.25, 0.3) is 0 Å². The zero-order chi connectivity index (χ0) is 17.1. The molecule has 0 aromatic carbocycles. The van der Waals surface area contributed by atoms with Crippen molar-refractivity contribution < 1.29 is 9.26 Å². The lowest BCUT2D eigenvalue weighted by Crippen LogP contribution is -2.38. The molecule has 0 aliphatic heterocycles. The lowest BCUT2D eigenvalue weighted by atomic mass is 10.1. The first-order valence-electron chi connectivity index (χ1n) is 8.56. The molecule has 0 radical (unpaired) electrons. The molecule has 0 aliphatic carbocycles. The van der Waals surface area contributed by atoms with Gasteiger partial charge in [-0.1, -0.05) is 19.0 Å². The minimum atomic E-state index is 0. The molecule has 6 nitrogen and oxygen atoms in total. The predicted molar refractivity (Wildman–Crippen MR) is 109 cm³/mol. The van der Waals surface area contributed by atoms with Gasteiger partial charge >= 0.3 is 0 Å². The third-order valence-corrected chi connectivity index (χ3v) is 3.54. The number of hydrogen-bond acceptors (Lipinski definition) is 4. The van der Waals surface area contributed by atoms with E-state index in [1.54, 1.807) is 0 Å². The number of aryl methyl sites for hydroxylation is 2. The van der Waals surface area contributed by atoms with Crippen molar-refractivity contribution in [1.29, 1.82) is 0 Å². The molecule has 0 fully saturated rings. The molecule has 0 unspecified atom stereocenters. The smallest absolute Gasteiger partial charge is 0.191 e. The van der Waals surface area contributed by atoms with Gasteiger partial charge in [-0.2, -0.15) is 0 Å². The lowest BCUT2D eigenvalue weighted by Gasteiger charge is -2.11. The molecule has 1 aromatic heterocycles. The largest absolute Gasteiger partial charge is 0.380 e. The van der Waals surface area contributed by atoms with Crippen LogP contribution < -0.4 is 10.6 Å². The maximum absolute atomic E-state index is 5.58. The second kappa shape index (κ2) is 13.5. The van der Waals surface area contributed by atoms with Gasteiger partial charge in [-0.25, -0.2) is 0 Å². The fourth-order valence-corrected chi connectivity index (χ4v) is 2.15. The Hall–Kier alpha value is -0.830. The summed E-state index contributed by atoms with van der Waals surface area (Å²) in [5.41, 5.74) is 2.13. The average molecular weight is 452 g/mol. The first-order chi connectivity index (χ1) is 11.0. The number of ether oxygens (including phenoxy) is 1. The first-order valence-corrected chi connectivity index (χ1v) is 8.56. The van der Waals surface area contributed by atoms with E-state index in [0.29, 0.717) is 19.1 Å². The molecule has 0 saturated heterocycles. The molecule has 140 valence electrons. The fourth-order valence-electron chi connectivity index (χ4n) is 2.15. The summed E-state index contributed by atoms with van der Waals surface area (Å²) in [6, 6.07) is 0. The van der Waals surface area contributed by atoms with Crippen LogP contribution in [0, 0.1) is 19.8 Å². The van der Waals surface area contributed by atoms with Gasteiger partial charge in [-0.15, -0.1) is 24.0 Å². The van der Waals surface area contributed by atoms with E-state index < -0.39 is 0 Å². The van der Waals surface area contributed by atoms with Crippen LogP contribution in [0.4, 0.5) is 0 Å². The Morgan fingerprint density at radius 2 is 2.00 bits per heavy atom. The molecular formula is C17H33IN4O2. The second-order valence-corrected chi connectivity index (χ2v) is 6.04. The maximum atomic E-state index is 5.58. The van der Waals surface area contributed by atoms with E-state index in [-0.39, 0.29) is 24.0 Å². The summed E-state index contributed by atoms with van der Waals surface area (Å²) in [7, 11) is 0. The molecule has 7 heteroatoms. The quantitative estimate of drug-likeness (QED) is 0.247. The van der Waals surface area contributed by atoms with Crippen LogP contribution in [0.25, 0.3) is 0 Å². The van der Waals surface area contributed by atoms with Gasteiger partial charge in [0.05, 0.1) is 18.8 Å². The van der Waals surface area contributed by atoms with Gasteiger partial charge in [0.2, 0.25) is 0 Å². The van der Waals surface area contributed by atoms with E-state index in [2.05, 4.69) is 41.6 Å². The van der Waals surface area contributed by atoms with Crippen molar-refractivity contribution in [3.05, 3.63) is 17.0 Å². The molecule has 0 saturated carbocycles. The minimum Gasteiger partial charge on any atom is -0.380 e. The molecule has 24 heavy (non-hydrogen) atoms. The van der Waals surface area contributed by atoms with Crippen molar-refractivity contribution in [2.24, 2.45) is 10.9 Å². The topological polar surface area (TPSA) is 71.7 Å². The summed E-state index contributed by atoms with van der Waals surface area (Å²) in [4.78, 5) is 4.52. The molecule has 1 rings (SSSR count). The highest BCUT2D eigenvalue weighted by atomic mass is 127. The zero-order valence-corrected chi connectivity index (χ0v) is 18.0. The number of nitrogens with one attached hydrogen (secondary N) is 2. The van der Waals surface area contributed by atoms with Gasteiger partial charge in [0.1, 0.15) is 5.76 Å². The number of aromatic nitrogens is 1. The Kier molecular flexibility index (Phi) is 13.0. The summed E-state index contributed by atoms with van der Waals surface area (Å²) in [5, 5.41) is 10.6. The number of guanidine groups is 1.